The Morgan fingerprint density at radius 2 is 1.33 bits per heavy atom. The van der Waals surface area contributed by atoms with Crippen LogP contribution in [0.3, 0.4) is 0 Å². The van der Waals surface area contributed by atoms with Gasteiger partial charge in [0.05, 0.1) is 20.3 Å². The van der Waals surface area contributed by atoms with Gasteiger partial charge in [0.1, 0.15) is 5.75 Å². The maximum atomic E-state index is 6.42. The molecule has 4 aliphatic carbocycles. The van der Waals surface area contributed by atoms with E-state index < -0.39 is 0 Å². The third kappa shape index (κ3) is 3.78. The van der Waals surface area contributed by atoms with E-state index in [2.05, 4.69) is 12.1 Å². The molecule has 1 aromatic rings. The van der Waals surface area contributed by atoms with Crippen LogP contribution >= 0.6 is 0 Å². The molecule has 3 nitrogen and oxygen atoms in total. The highest BCUT2D eigenvalue weighted by Crippen LogP contribution is 2.50. The largest absolute Gasteiger partial charge is 0.497 e. The highest BCUT2D eigenvalue weighted by Gasteiger charge is 2.41. The zero-order chi connectivity index (χ0) is 18.2. The fourth-order valence-corrected chi connectivity index (χ4v) is 6.58. The second kappa shape index (κ2) is 7.75. The van der Waals surface area contributed by atoms with E-state index in [9.17, 15) is 0 Å². The SMILES string of the molecule is COc1ccc(C(OC[C@@H]2C[C@@H]3CC[C@@H]2C3)OC[C@H]2C[C@@H]3CC[C@@H]2C3)cc1. The van der Waals surface area contributed by atoms with Gasteiger partial charge in [-0.1, -0.05) is 25.0 Å². The van der Waals surface area contributed by atoms with Crippen LogP contribution in [-0.4, -0.2) is 20.3 Å². The van der Waals surface area contributed by atoms with Gasteiger partial charge in [0.25, 0.3) is 0 Å². The molecule has 148 valence electrons. The van der Waals surface area contributed by atoms with Crippen LogP contribution in [0, 0.1) is 35.5 Å². The predicted molar refractivity (Wildman–Crippen MR) is 106 cm³/mol. The number of methoxy groups -OCH3 is 1. The summed E-state index contributed by atoms with van der Waals surface area (Å²) in [6.45, 7) is 1.71. The quantitative estimate of drug-likeness (QED) is 0.558. The summed E-state index contributed by atoms with van der Waals surface area (Å²) in [6.07, 6.45) is 11.1. The Bertz CT molecular complexity index is 595. The van der Waals surface area contributed by atoms with Gasteiger partial charge in [0.15, 0.2) is 6.29 Å². The van der Waals surface area contributed by atoms with Crippen molar-refractivity contribution in [3.8, 4) is 5.75 Å². The van der Waals surface area contributed by atoms with Crippen molar-refractivity contribution in [1.82, 2.24) is 0 Å². The number of fused-ring (bicyclic) bond motifs is 4. The first-order valence-electron chi connectivity index (χ1n) is 11.2. The lowest BCUT2D eigenvalue weighted by Crippen LogP contribution is -2.23. The van der Waals surface area contributed by atoms with Crippen LogP contribution in [0.5, 0.6) is 5.75 Å². The average molecular weight is 371 g/mol. The third-order valence-corrected chi connectivity index (χ3v) is 8.08. The zero-order valence-corrected chi connectivity index (χ0v) is 16.6. The average Bonchev–Trinajstić information content (AvgIpc) is 3.49. The second-order valence-corrected chi connectivity index (χ2v) is 9.64. The molecule has 0 radical (unpaired) electrons. The smallest absolute Gasteiger partial charge is 0.183 e. The fourth-order valence-electron chi connectivity index (χ4n) is 6.58. The monoisotopic (exact) mass is 370 g/mol. The van der Waals surface area contributed by atoms with Gasteiger partial charge in [-0.3, -0.25) is 0 Å². The van der Waals surface area contributed by atoms with Crippen LogP contribution in [0.25, 0.3) is 0 Å². The summed E-state index contributed by atoms with van der Waals surface area (Å²) in [5.74, 6) is 6.12. The summed E-state index contributed by atoms with van der Waals surface area (Å²) in [5, 5.41) is 0. The molecule has 5 rings (SSSR count). The standard InChI is InChI=1S/C24H34O3/c1-25-23-8-6-18(7-9-23)24(26-14-21-12-16-2-4-19(21)10-16)27-15-22-13-17-3-5-20(22)11-17/h6-9,16-17,19-22,24H,2-5,10-15H2,1H3/t16-,17-,19-,20-,21-,22+,24?/m1/s1. The molecule has 27 heavy (non-hydrogen) atoms. The summed E-state index contributed by atoms with van der Waals surface area (Å²) in [4.78, 5) is 0. The number of rotatable bonds is 8. The topological polar surface area (TPSA) is 27.7 Å². The molecule has 0 spiro atoms. The number of hydrogen-bond acceptors (Lipinski definition) is 3. The molecule has 1 aromatic carbocycles. The first-order chi connectivity index (χ1) is 13.3. The summed E-state index contributed by atoms with van der Waals surface area (Å²) in [5.41, 5.74) is 1.13. The van der Waals surface area contributed by atoms with Crippen LogP contribution < -0.4 is 4.74 Å². The Labute approximate surface area is 163 Å². The van der Waals surface area contributed by atoms with Gasteiger partial charge in [0.2, 0.25) is 0 Å². The fraction of sp³-hybridized carbons (Fsp3) is 0.750. The van der Waals surface area contributed by atoms with Gasteiger partial charge in [-0.15, -0.1) is 0 Å². The van der Waals surface area contributed by atoms with E-state index in [0.717, 1.165) is 60.0 Å². The molecule has 0 aliphatic heterocycles. The van der Waals surface area contributed by atoms with E-state index in [1.807, 2.05) is 12.1 Å². The molecule has 0 amide bonds. The van der Waals surface area contributed by atoms with Gasteiger partial charge < -0.3 is 14.2 Å². The first-order valence-corrected chi connectivity index (χ1v) is 11.2. The van der Waals surface area contributed by atoms with Crippen LogP contribution in [0.2, 0.25) is 0 Å². The van der Waals surface area contributed by atoms with E-state index in [-0.39, 0.29) is 6.29 Å². The highest BCUT2D eigenvalue weighted by molar-refractivity contribution is 5.27. The van der Waals surface area contributed by atoms with Crippen molar-refractivity contribution < 1.29 is 14.2 Å². The lowest BCUT2D eigenvalue weighted by atomic mass is 9.89. The van der Waals surface area contributed by atoms with E-state index in [1.54, 1.807) is 7.11 Å². The Balaban J connectivity index is 1.22. The summed E-state index contributed by atoms with van der Waals surface area (Å²) < 4.78 is 18.1. The molecular formula is C24H34O3. The van der Waals surface area contributed by atoms with Crippen molar-refractivity contribution >= 4 is 0 Å². The van der Waals surface area contributed by atoms with E-state index >= 15 is 0 Å². The van der Waals surface area contributed by atoms with E-state index in [1.165, 1.54) is 51.4 Å². The number of hydrogen-bond donors (Lipinski definition) is 0. The van der Waals surface area contributed by atoms with E-state index in [0.29, 0.717) is 0 Å². The summed E-state index contributed by atoms with van der Waals surface area (Å²) >= 11 is 0. The molecule has 7 atom stereocenters. The van der Waals surface area contributed by atoms with Crippen molar-refractivity contribution in [2.45, 2.75) is 57.7 Å². The zero-order valence-electron chi connectivity index (χ0n) is 16.6. The number of benzene rings is 1. The Morgan fingerprint density at radius 3 is 1.74 bits per heavy atom. The molecule has 4 aliphatic rings. The van der Waals surface area contributed by atoms with Gasteiger partial charge in [-0.05, 0) is 86.2 Å². The molecule has 0 aromatic heterocycles. The molecule has 3 heteroatoms. The summed E-state index contributed by atoms with van der Waals surface area (Å²) in [6, 6.07) is 8.24. The molecule has 1 unspecified atom stereocenters. The van der Waals surface area contributed by atoms with Gasteiger partial charge in [0, 0.05) is 5.56 Å². The number of ether oxygens (including phenoxy) is 3. The van der Waals surface area contributed by atoms with Crippen molar-refractivity contribution in [2.75, 3.05) is 20.3 Å². The van der Waals surface area contributed by atoms with Gasteiger partial charge in [-0.2, -0.15) is 0 Å². The van der Waals surface area contributed by atoms with E-state index in [4.69, 9.17) is 14.2 Å². The molecule has 0 N–H and O–H groups in total. The molecule has 0 saturated heterocycles. The van der Waals surface area contributed by atoms with Gasteiger partial charge >= 0.3 is 0 Å². The van der Waals surface area contributed by atoms with Crippen molar-refractivity contribution in [2.24, 2.45) is 35.5 Å². The van der Waals surface area contributed by atoms with Crippen LogP contribution in [0.4, 0.5) is 0 Å². The minimum atomic E-state index is -0.228. The lowest BCUT2D eigenvalue weighted by Gasteiger charge is -2.28. The normalized spacial score (nSPS) is 37.8. The molecular weight excluding hydrogens is 336 g/mol. The third-order valence-electron chi connectivity index (χ3n) is 8.08. The second-order valence-electron chi connectivity index (χ2n) is 9.64. The predicted octanol–water partition coefficient (Wildman–Crippen LogP) is 5.60. The Morgan fingerprint density at radius 1 is 0.778 bits per heavy atom. The maximum absolute atomic E-state index is 6.42. The molecule has 4 bridgehead atoms. The van der Waals surface area contributed by atoms with Crippen LogP contribution in [0.15, 0.2) is 24.3 Å². The maximum Gasteiger partial charge on any atom is 0.183 e. The molecule has 4 saturated carbocycles. The highest BCUT2D eigenvalue weighted by atomic mass is 16.7. The van der Waals surface area contributed by atoms with Crippen LogP contribution in [-0.2, 0) is 9.47 Å². The van der Waals surface area contributed by atoms with Crippen molar-refractivity contribution in [3.63, 3.8) is 0 Å². The van der Waals surface area contributed by atoms with Crippen molar-refractivity contribution in [1.29, 1.82) is 0 Å². The Kier molecular flexibility index (Phi) is 5.17. The minimum absolute atomic E-state index is 0.228. The molecule has 0 heterocycles. The van der Waals surface area contributed by atoms with Crippen LogP contribution in [0.1, 0.15) is 63.2 Å². The van der Waals surface area contributed by atoms with Crippen molar-refractivity contribution in [3.05, 3.63) is 29.8 Å². The lowest BCUT2D eigenvalue weighted by molar-refractivity contribution is -0.166. The first kappa shape index (κ1) is 18.0. The Hall–Kier alpha value is -1.06. The minimum Gasteiger partial charge on any atom is -0.497 e. The van der Waals surface area contributed by atoms with Gasteiger partial charge in [-0.25, -0.2) is 0 Å². The summed E-state index contributed by atoms with van der Waals surface area (Å²) in [7, 11) is 1.71. The molecule has 4 fully saturated rings.